The lowest BCUT2D eigenvalue weighted by Crippen LogP contribution is -2.45. The molecule has 0 spiro atoms. The summed E-state index contributed by atoms with van der Waals surface area (Å²) in [6.07, 6.45) is 0. The van der Waals surface area contributed by atoms with E-state index in [0.29, 0.717) is 26.2 Å². The molecule has 0 aromatic heterocycles. The second-order valence-corrected chi connectivity index (χ2v) is 5.23. The number of rotatable bonds is 3. The summed E-state index contributed by atoms with van der Waals surface area (Å²) < 4.78 is 39.9. The van der Waals surface area contributed by atoms with Crippen molar-refractivity contribution < 1.29 is 18.3 Å². The van der Waals surface area contributed by atoms with Crippen LogP contribution in [0.15, 0.2) is 10.5 Å². The largest absolute Gasteiger partial charge is 0.505 e. The molecule has 0 amide bonds. The van der Waals surface area contributed by atoms with Crippen molar-refractivity contribution in [1.29, 1.82) is 0 Å². The maximum Gasteiger partial charge on any atom is 0.201 e. The standard InChI is InChI=1S/C12H14BrF3N2O.2ClH/c13-8-5-7(12(19)11(16)10(8)15)9(6-14)18-3-1-17-2-4-18;;/h5,9,17,19H,1-4,6H2;2*1H/t9-;;/m1../s1. The fraction of sp³-hybridized carbons (Fsp3) is 0.500. The van der Waals surface area contributed by atoms with Crippen LogP contribution in [0.1, 0.15) is 11.6 Å². The van der Waals surface area contributed by atoms with Crippen molar-refractivity contribution in [3.05, 3.63) is 27.7 Å². The van der Waals surface area contributed by atoms with E-state index in [2.05, 4.69) is 21.2 Å². The van der Waals surface area contributed by atoms with Gasteiger partial charge in [-0.25, -0.2) is 8.78 Å². The first-order chi connectivity index (χ1) is 9.06. The van der Waals surface area contributed by atoms with Gasteiger partial charge in [0, 0.05) is 31.7 Å². The highest BCUT2D eigenvalue weighted by molar-refractivity contribution is 9.10. The Balaban J connectivity index is 0.00000200. The fourth-order valence-electron chi connectivity index (χ4n) is 2.23. The van der Waals surface area contributed by atoms with E-state index in [4.69, 9.17) is 0 Å². The average Bonchev–Trinajstić information content (AvgIpc) is 2.44. The molecule has 0 unspecified atom stereocenters. The van der Waals surface area contributed by atoms with Crippen molar-refractivity contribution in [2.75, 3.05) is 32.9 Å². The minimum Gasteiger partial charge on any atom is -0.505 e. The molecule has 0 saturated carbocycles. The van der Waals surface area contributed by atoms with Crippen molar-refractivity contribution in [1.82, 2.24) is 10.2 Å². The van der Waals surface area contributed by atoms with Gasteiger partial charge < -0.3 is 10.4 Å². The van der Waals surface area contributed by atoms with E-state index in [1.165, 1.54) is 6.07 Å². The third-order valence-electron chi connectivity index (χ3n) is 3.26. The number of hydrogen-bond acceptors (Lipinski definition) is 3. The molecule has 2 rings (SSSR count). The molecule has 0 aliphatic carbocycles. The molecule has 3 nitrogen and oxygen atoms in total. The molecule has 1 heterocycles. The number of halogens is 6. The minimum atomic E-state index is -1.35. The van der Waals surface area contributed by atoms with Crippen LogP contribution >= 0.6 is 40.7 Å². The predicted octanol–water partition coefficient (Wildman–Crippen LogP) is 3.19. The molecule has 1 aromatic carbocycles. The van der Waals surface area contributed by atoms with Gasteiger partial charge in [0.25, 0.3) is 0 Å². The van der Waals surface area contributed by atoms with Gasteiger partial charge in [-0.15, -0.1) is 24.8 Å². The van der Waals surface area contributed by atoms with E-state index in [0.717, 1.165) is 0 Å². The van der Waals surface area contributed by atoms with Gasteiger partial charge in [0.2, 0.25) is 5.82 Å². The third-order valence-corrected chi connectivity index (χ3v) is 3.84. The predicted molar refractivity (Wildman–Crippen MR) is 83.4 cm³/mol. The summed E-state index contributed by atoms with van der Waals surface area (Å²) in [5.74, 6) is -3.33. The first-order valence-electron chi connectivity index (χ1n) is 5.93. The van der Waals surface area contributed by atoms with Gasteiger partial charge in [0.1, 0.15) is 6.67 Å². The number of aromatic hydroxyl groups is 1. The van der Waals surface area contributed by atoms with Gasteiger partial charge in [-0.05, 0) is 22.0 Å². The number of alkyl halides is 1. The van der Waals surface area contributed by atoms with Crippen molar-refractivity contribution in [2.45, 2.75) is 6.04 Å². The van der Waals surface area contributed by atoms with E-state index >= 15 is 0 Å². The summed E-state index contributed by atoms with van der Waals surface area (Å²) in [6.45, 7) is 1.80. The van der Waals surface area contributed by atoms with Crippen LogP contribution in [0.2, 0.25) is 0 Å². The highest BCUT2D eigenvalue weighted by Gasteiger charge is 2.28. The molecule has 1 saturated heterocycles. The highest BCUT2D eigenvalue weighted by atomic mass is 79.9. The van der Waals surface area contributed by atoms with Crippen LogP contribution in [-0.4, -0.2) is 42.9 Å². The van der Waals surface area contributed by atoms with Gasteiger partial charge in [-0.2, -0.15) is 4.39 Å². The lowest BCUT2D eigenvalue weighted by Gasteiger charge is -2.34. The van der Waals surface area contributed by atoms with Crippen molar-refractivity contribution >= 4 is 40.7 Å². The lowest BCUT2D eigenvalue weighted by atomic mass is 10.0. The Kier molecular flexibility index (Phi) is 8.96. The molecule has 1 aliphatic heterocycles. The molecule has 122 valence electrons. The number of piperazine rings is 1. The summed E-state index contributed by atoms with van der Waals surface area (Å²) in [5.41, 5.74) is 0.0650. The maximum atomic E-state index is 13.5. The first-order valence-corrected chi connectivity index (χ1v) is 6.72. The number of phenols is 1. The molecule has 1 atom stereocenters. The fourth-order valence-corrected chi connectivity index (χ4v) is 2.65. The van der Waals surface area contributed by atoms with Gasteiger partial charge in [-0.1, -0.05) is 0 Å². The Morgan fingerprint density at radius 2 is 1.81 bits per heavy atom. The Morgan fingerprint density at radius 1 is 1.24 bits per heavy atom. The van der Waals surface area contributed by atoms with Crippen LogP contribution in [0.5, 0.6) is 5.75 Å². The second kappa shape index (κ2) is 9.05. The molecule has 21 heavy (non-hydrogen) atoms. The van der Waals surface area contributed by atoms with E-state index in [1.807, 2.05) is 0 Å². The Bertz CT molecular complexity index is 476. The highest BCUT2D eigenvalue weighted by Crippen LogP contribution is 2.36. The molecule has 1 fully saturated rings. The Labute approximate surface area is 141 Å². The first kappa shape index (κ1) is 20.8. The van der Waals surface area contributed by atoms with Gasteiger partial charge >= 0.3 is 0 Å². The smallest absolute Gasteiger partial charge is 0.201 e. The SMILES string of the molecule is Cl.Cl.Oc1c([C@@H](CF)N2CCNCC2)cc(Br)c(F)c1F. The number of phenolic OH excluding ortho intramolecular Hbond substituents is 1. The molecule has 0 bridgehead atoms. The number of nitrogens with zero attached hydrogens (tertiary/aromatic N) is 1. The van der Waals surface area contributed by atoms with Crippen LogP contribution in [0.4, 0.5) is 13.2 Å². The van der Waals surface area contributed by atoms with Gasteiger partial charge in [0.05, 0.1) is 10.5 Å². The Hall–Kier alpha value is -0.210. The van der Waals surface area contributed by atoms with Crippen LogP contribution in [0.25, 0.3) is 0 Å². The summed E-state index contributed by atoms with van der Waals surface area (Å²) in [6, 6.07) is 0.466. The van der Waals surface area contributed by atoms with Crippen LogP contribution in [0.3, 0.4) is 0 Å². The topological polar surface area (TPSA) is 35.5 Å². The molecular weight excluding hydrogens is 396 g/mol. The van der Waals surface area contributed by atoms with Gasteiger partial charge in [0.15, 0.2) is 11.6 Å². The average molecular weight is 412 g/mol. The molecule has 1 aromatic rings. The normalized spacial score (nSPS) is 16.8. The van der Waals surface area contributed by atoms with Crippen LogP contribution in [-0.2, 0) is 0 Å². The van der Waals surface area contributed by atoms with Crippen LogP contribution < -0.4 is 5.32 Å². The quantitative estimate of drug-likeness (QED) is 0.749. The molecule has 9 heteroatoms. The number of nitrogens with one attached hydrogen (secondary N) is 1. The molecule has 0 radical (unpaired) electrons. The monoisotopic (exact) mass is 410 g/mol. The van der Waals surface area contributed by atoms with Crippen molar-refractivity contribution in [2.24, 2.45) is 0 Å². The van der Waals surface area contributed by atoms with Crippen molar-refractivity contribution in [3.63, 3.8) is 0 Å². The second-order valence-electron chi connectivity index (χ2n) is 4.38. The lowest BCUT2D eigenvalue weighted by molar-refractivity contribution is 0.144. The maximum absolute atomic E-state index is 13.5. The van der Waals surface area contributed by atoms with E-state index in [9.17, 15) is 18.3 Å². The summed E-state index contributed by atoms with van der Waals surface area (Å²) in [7, 11) is 0. The molecular formula is C12H16BrCl2F3N2O. The molecule has 1 aliphatic rings. The number of hydrogen-bond donors (Lipinski definition) is 2. The molecule has 2 N–H and O–H groups in total. The third kappa shape index (κ3) is 4.39. The zero-order chi connectivity index (χ0) is 14.0. The zero-order valence-corrected chi connectivity index (χ0v) is 14.1. The van der Waals surface area contributed by atoms with E-state index in [-0.39, 0.29) is 34.9 Å². The summed E-state index contributed by atoms with van der Waals surface area (Å²) >= 11 is 2.87. The van der Waals surface area contributed by atoms with E-state index in [1.54, 1.807) is 4.90 Å². The summed E-state index contributed by atoms with van der Waals surface area (Å²) in [5, 5.41) is 12.8. The van der Waals surface area contributed by atoms with Crippen molar-refractivity contribution in [3.8, 4) is 5.75 Å². The number of benzene rings is 1. The van der Waals surface area contributed by atoms with Crippen LogP contribution in [0, 0.1) is 11.6 Å². The van der Waals surface area contributed by atoms with E-state index < -0.39 is 30.1 Å². The van der Waals surface area contributed by atoms with Gasteiger partial charge in [-0.3, -0.25) is 4.90 Å². The summed E-state index contributed by atoms with van der Waals surface area (Å²) in [4.78, 5) is 1.80. The zero-order valence-electron chi connectivity index (χ0n) is 10.9. The minimum absolute atomic E-state index is 0. The Morgan fingerprint density at radius 3 is 2.33 bits per heavy atom.